The van der Waals surface area contributed by atoms with E-state index in [1.54, 1.807) is 5.32 Å². The Hall–Kier alpha value is -3.30. The first-order chi connectivity index (χ1) is 12.8. The van der Waals surface area contributed by atoms with E-state index in [0.717, 1.165) is 0 Å². The second kappa shape index (κ2) is 6.78. The number of hydrogen-bond acceptors (Lipinski definition) is 5. The van der Waals surface area contributed by atoms with Crippen molar-refractivity contribution in [1.29, 1.82) is 0 Å². The van der Waals surface area contributed by atoms with Crippen LogP contribution in [0.1, 0.15) is 0 Å². The van der Waals surface area contributed by atoms with Gasteiger partial charge in [-0.1, -0.05) is 12.1 Å². The van der Waals surface area contributed by atoms with E-state index in [4.69, 9.17) is 18.9 Å². The van der Waals surface area contributed by atoms with Gasteiger partial charge < -0.3 is 24.3 Å². The summed E-state index contributed by atoms with van der Waals surface area (Å²) in [5, 5.41) is 3.97. The Morgan fingerprint density at radius 3 is 2.19 bits per heavy atom. The maximum Gasteiger partial charge on any atom is 0.492 e. The van der Waals surface area contributed by atoms with Crippen LogP contribution in [0.25, 0.3) is 0 Å². The average Bonchev–Trinajstić information content (AvgIpc) is 3.01. The van der Waals surface area contributed by atoms with Crippen LogP contribution in [0.15, 0.2) is 42.5 Å². The number of halogens is 3. The van der Waals surface area contributed by atoms with Gasteiger partial charge in [0.1, 0.15) is 11.5 Å². The minimum atomic E-state index is -5.05. The fourth-order valence-corrected chi connectivity index (χ4v) is 2.39. The van der Waals surface area contributed by atoms with E-state index in [1.165, 1.54) is 56.7 Å². The number of rotatable bonds is 4. The van der Waals surface area contributed by atoms with Crippen molar-refractivity contribution in [3.63, 3.8) is 0 Å². The highest BCUT2D eigenvalue weighted by Crippen LogP contribution is 2.45. The molecule has 2 amide bonds. The molecule has 0 spiro atoms. The molecule has 144 valence electrons. The predicted octanol–water partition coefficient (Wildman–Crippen LogP) is 3.51. The molecule has 0 saturated carbocycles. The summed E-state index contributed by atoms with van der Waals surface area (Å²) in [7, 11) is 2.78. The van der Waals surface area contributed by atoms with Crippen LogP contribution in [0.2, 0.25) is 0 Å². The van der Waals surface area contributed by atoms with Gasteiger partial charge in [-0.2, -0.15) is 13.2 Å². The molecule has 0 fully saturated rings. The fourth-order valence-electron chi connectivity index (χ4n) is 2.39. The first-order valence-electron chi connectivity index (χ1n) is 7.63. The van der Waals surface area contributed by atoms with Gasteiger partial charge in [0.2, 0.25) is 0 Å². The molecule has 27 heavy (non-hydrogen) atoms. The number of hydrogen-bond donors (Lipinski definition) is 2. The van der Waals surface area contributed by atoms with Crippen LogP contribution in [-0.2, 0) is 0 Å². The van der Waals surface area contributed by atoms with Gasteiger partial charge >= 0.3 is 18.1 Å². The van der Waals surface area contributed by atoms with Crippen molar-refractivity contribution in [2.24, 2.45) is 0 Å². The summed E-state index contributed by atoms with van der Waals surface area (Å²) in [5.41, 5.74) is 0.128. The number of para-hydroxylation sites is 2. The minimum Gasteiger partial charge on any atom is -0.497 e. The largest absolute Gasteiger partial charge is 0.497 e. The van der Waals surface area contributed by atoms with Crippen LogP contribution in [0.5, 0.6) is 23.0 Å². The molecule has 0 atom stereocenters. The zero-order chi connectivity index (χ0) is 19.7. The fraction of sp³-hybridized carbons (Fsp3) is 0.235. The SMILES string of the molecule is COc1ccc(NC(=O)NC2(C(F)(F)F)Oc3ccccc3O2)c(OC)c1. The highest BCUT2D eigenvalue weighted by molar-refractivity contribution is 5.91. The molecule has 7 nitrogen and oxygen atoms in total. The minimum absolute atomic E-state index is 0.128. The molecule has 0 saturated heterocycles. The molecule has 1 aliphatic rings. The van der Waals surface area contributed by atoms with Crippen molar-refractivity contribution >= 4 is 11.7 Å². The van der Waals surface area contributed by atoms with E-state index in [9.17, 15) is 18.0 Å². The van der Waals surface area contributed by atoms with Gasteiger partial charge in [-0.25, -0.2) is 4.79 Å². The van der Waals surface area contributed by atoms with Crippen molar-refractivity contribution < 1.29 is 36.9 Å². The van der Waals surface area contributed by atoms with Gasteiger partial charge in [0, 0.05) is 6.07 Å². The van der Waals surface area contributed by atoms with Crippen molar-refractivity contribution in [3.8, 4) is 23.0 Å². The third kappa shape index (κ3) is 3.50. The molecule has 1 aliphatic heterocycles. The zero-order valence-corrected chi connectivity index (χ0v) is 14.2. The second-order valence-electron chi connectivity index (χ2n) is 5.41. The Labute approximate surface area is 152 Å². The number of urea groups is 1. The third-order valence-electron chi connectivity index (χ3n) is 3.66. The maximum absolute atomic E-state index is 13.6. The van der Waals surface area contributed by atoms with Crippen LogP contribution in [-0.4, -0.2) is 32.3 Å². The molecule has 0 unspecified atom stereocenters. The number of alkyl halides is 3. The highest BCUT2D eigenvalue weighted by Gasteiger charge is 2.65. The molecule has 0 radical (unpaired) electrons. The molecular formula is C17H15F3N2O5. The van der Waals surface area contributed by atoms with E-state index in [-0.39, 0.29) is 22.9 Å². The number of fused-ring (bicyclic) bond motifs is 1. The maximum atomic E-state index is 13.6. The molecule has 0 bridgehead atoms. The van der Waals surface area contributed by atoms with Crippen LogP contribution in [0, 0.1) is 0 Å². The smallest absolute Gasteiger partial charge is 0.492 e. The molecular weight excluding hydrogens is 369 g/mol. The number of carbonyl (C=O) groups is 1. The molecule has 2 aromatic rings. The van der Waals surface area contributed by atoms with Gasteiger partial charge in [-0.15, -0.1) is 0 Å². The molecule has 2 aromatic carbocycles. The number of anilines is 1. The quantitative estimate of drug-likeness (QED) is 0.844. The molecule has 10 heteroatoms. The molecule has 0 aliphatic carbocycles. The van der Waals surface area contributed by atoms with E-state index in [2.05, 4.69) is 5.32 Å². The average molecular weight is 384 g/mol. The van der Waals surface area contributed by atoms with Gasteiger partial charge in [0.15, 0.2) is 11.5 Å². The van der Waals surface area contributed by atoms with Crippen LogP contribution < -0.4 is 29.6 Å². The van der Waals surface area contributed by atoms with Crippen molar-refractivity contribution in [1.82, 2.24) is 5.32 Å². The first kappa shape index (κ1) is 18.5. The number of amides is 2. The van der Waals surface area contributed by atoms with Crippen molar-refractivity contribution in [3.05, 3.63) is 42.5 Å². The summed E-state index contributed by atoms with van der Waals surface area (Å²) >= 11 is 0. The van der Waals surface area contributed by atoms with Crippen LogP contribution in [0.3, 0.4) is 0 Å². The topological polar surface area (TPSA) is 78.1 Å². The monoisotopic (exact) mass is 384 g/mol. The summed E-state index contributed by atoms with van der Waals surface area (Å²) < 4.78 is 60.7. The Balaban J connectivity index is 1.81. The normalized spacial score (nSPS) is 14.4. The van der Waals surface area contributed by atoms with Gasteiger partial charge in [0.05, 0.1) is 19.9 Å². The summed E-state index contributed by atoms with van der Waals surface area (Å²) in [6, 6.07) is 8.76. The van der Waals surface area contributed by atoms with Gasteiger partial charge in [-0.05, 0) is 24.3 Å². The Kier molecular flexibility index (Phi) is 4.64. The highest BCUT2D eigenvalue weighted by atomic mass is 19.4. The predicted molar refractivity (Wildman–Crippen MR) is 88.2 cm³/mol. The number of ether oxygens (including phenoxy) is 4. The van der Waals surface area contributed by atoms with Crippen LogP contribution >= 0.6 is 0 Å². The lowest BCUT2D eigenvalue weighted by Gasteiger charge is -2.29. The summed E-state index contributed by atoms with van der Waals surface area (Å²) in [6.45, 7) is 0. The lowest BCUT2D eigenvalue weighted by atomic mass is 10.2. The number of carbonyl (C=O) groups excluding carboxylic acids is 1. The standard InChI is InChI=1S/C17H15F3N2O5/c1-24-10-7-8-11(14(9-10)25-2)21-15(23)22-17(16(18,19)20)26-12-5-3-4-6-13(12)27-17/h3-9H,1-2H3,(H2,21,22,23). The summed E-state index contributed by atoms with van der Waals surface area (Å²) in [5.74, 6) is -2.99. The third-order valence-corrected chi connectivity index (χ3v) is 3.66. The molecule has 3 rings (SSSR count). The second-order valence-corrected chi connectivity index (χ2v) is 5.41. The van der Waals surface area contributed by atoms with E-state index < -0.39 is 18.1 Å². The van der Waals surface area contributed by atoms with E-state index >= 15 is 0 Å². The molecule has 2 N–H and O–H groups in total. The van der Waals surface area contributed by atoms with Gasteiger partial charge in [-0.3, -0.25) is 5.32 Å². The Bertz CT molecular complexity index is 832. The lowest BCUT2D eigenvalue weighted by Crippen LogP contribution is -2.65. The first-order valence-corrected chi connectivity index (χ1v) is 7.63. The summed E-state index contributed by atoms with van der Waals surface area (Å²) in [4.78, 5) is 12.2. The summed E-state index contributed by atoms with van der Waals surface area (Å²) in [6.07, 6.45) is -5.05. The molecule has 0 aromatic heterocycles. The van der Waals surface area contributed by atoms with Gasteiger partial charge in [0.25, 0.3) is 0 Å². The van der Waals surface area contributed by atoms with Crippen molar-refractivity contribution in [2.75, 3.05) is 19.5 Å². The van der Waals surface area contributed by atoms with Crippen LogP contribution in [0.4, 0.5) is 23.7 Å². The number of nitrogens with one attached hydrogen (secondary N) is 2. The van der Waals surface area contributed by atoms with Crippen molar-refractivity contribution in [2.45, 2.75) is 12.1 Å². The Morgan fingerprint density at radius 1 is 1.04 bits per heavy atom. The number of benzene rings is 2. The zero-order valence-electron chi connectivity index (χ0n) is 14.2. The number of methoxy groups -OCH3 is 2. The van der Waals surface area contributed by atoms with E-state index in [1.807, 2.05) is 0 Å². The van der Waals surface area contributed by atoms with E-state index in [0.29, 0.717) is 5.75 Å². The Morgan fingerprint density at radius 2 is 1.67 bits per heavy atom. The lowest BCUT2D eigenvalue weighted by molar-refractivity contribution is -0.317. The molecule has 1 heterocycles.